The summed E-state index contributed by atoms with van der Waals surface area (Å²) in [7, 11) is 3.00. The zero-order valence-electron chi connectivity index (χ0n) is 18.4. The van der Waals surface area contributed by atoms with Gasteiger partial charge in [-0.15, -0.1) is 0 Å². The fourth-order valence-electron chi connectivity index (χ4n) is 2.75. The van der Waals surface area contributed by atoms with Crippen molar-refractivity contribution < 1.29 is 20.1 Å². The highest BCUT2D eigenvalue weighted by Crippen LogP contribution is 2.32. The van der Waals surface area contributed by atoms with Crippen molar-refractivity contribution in [1.29, 1.82) is 10.5 Å². The van der Waals surface area contributed by atoms with E-state index in [2.05, 4.69) is 11.8 Å². The molecular formula is C22H29N4O4+. The van der Waals surface area contributed by atoms with Gasteiger partial charge in [-0.1, -0.05) is 26.0 Å². The molecule has 2 aromatic rings. The van der Waals surface area contributed by atoms with Crippen molar-refractivity contribution in [2.75, 3.05) is 14.2 Å². The van der Waals surface area contributed by atoms with Crippen molar-refractivity contribution >= 4 is 11.4 Å². The summed E-state index contributed by atoms with van der Waals surface area (Å²) in [6.45, 7) is 7.65. The third-order valence-corrected chi connectivity index (χ3v) is 4.24. The SMILES string of the molecule is CC.COc1c([N+](=O)[O-])ccc(CC#N)c1C.COc1c([NH3+])ccc(CC#N)c1C. The molecule has 0 amide bonds. The number of hydrogen-bond donors (Lipinski definition) is 1. The molecule has 0 spiro atoms. The summed E-state index contributed by atoms with van der Waals surface area (Å²) in [6.07, 6.45) is 0.642. The van der Waals surface area contributed by atoms with Gasteiger partial charge in [-0.3, -0.25) is 10.1 Å². The topological polar surface area (TPSA) is 137 Å². The standard InChI is InChI=1S/C10H10N2O3.C10H12N2O.C2H6/c1-7-8(5-6-11)3-4-9(12(13)14)10(7)15-2;1-7-8(5-6-11)3-4-9(12)10(7)13-2;1-2/h3-4H,5H2,1-2H3;3-4H,5,12H2,1-2H3;1-2H3/p+1. The third kappa shape index (κ3) is 6.77. The number of nitriles is 2. The monoisotopic (exact) mass is 413 g/mol. The van der Waals surface area contributed by atoms with Crippen LogP contribution < -0.4 is 15.2 Å². The van der Waals surface area contributed by atoms with Gasteiger partial charge in [-0.2, -0.15) is 10.5 Å². The van der Waals surface area contributed by atoms with Gasteiger partial charge in [-0.25, -0.2) is 0 Å². The van der Waals surface area contributed by atoms with E-state index in [4.69, 9.17) is 20.0 Å². The number of rotatable bonds is 5. The molecule has 0 aliphatic rings. The quantitative estimate of drug-likeness (QED) is 0.582. The number of methoxy groups -OCH3 is 2. The van der Waals surface area contributed by atoms with Crippen LogP contribution in [0.1, 0.15) is 36.1 Å². The number of nitro benzene ring substituents is 1. The molecule has 0 aliphatic heterocycles. The van der Waals surface area contributed by atoms with Gasteiger partial charge < -0.3 is 15.2 Å². The first kappa shape index (κ1) is 26.4. The maximum Gasteiger partial charge on any atom is 0.311 e. The maximum atomic E-state index is 10.7. The van der Waals surface area contributed by atoms with E-state index >= 15 is 0 Å². The lowest BCUT2D eigenvalue weighted by atomic mass is 10.0. The normalized spacial score (nSPS) is 8.97. The van der Waals surface area contributed by atoms with E-state index in [0.717, 1.165) is 28.1 Å². The minimum absolute atomic E-state index is 0.0725. The predicted octanol–water partition coefficient (Wildman–Crippen LogP) is 3.95. The highest BCUT2D eigenvalue weighted by molar-refractivity contribution is 5.55. The zero-order valence-corrected chi connectivity index (χ0v) is 18.4. The molecule has 0 saturated carbocycles. The van der Waals surface area contributed by atoms with Crippen molar-refractivity contribution in [3.05, 3.63) is 56.6 Å². The van der Waals surface area contributed by atoms with Crippen LogP contribution in [0.15, 0.2) is 24.3 Å². The largest absolute Gasteiger partial charge is 0.491 e. The van der Waals surface area contributed by atoms with Gasteiger partial charge in [0.15, 0.2) is 17.2 Å². The van der Waals surface area contributed by atoms with E-state index in [1.165, 1.54) is 13.2 Å². The summed E-state index contributed by atoms with van der Waals surface area (Å²) in [6, 6.07) is 10.9. The van der Waals surface area contributed by atoms with E-state index < -0.39 is 4.92 Å². The lowest BCUT2D eigenvalue weighted by Crippen LogP contribution is -2.40. The first-order valence-corrected chi connectivity index (χ1v) is 9.35. The molecule has 0 fully saturated rings. The molecule has 0 atom stereocenters. The van der Waals surface area contributed by atoms with Crippen molar-refractivity contribution in [1.82, 2.24) is 0 Å². The number of benzene rings is 2. The third-order valence-electron chi connectivity index (χ3n) is 4.24. The van der Waals surface area contributed by atoms with Gasteiger partial charge in [0.25, 0.3) is 0 Å². The highest BCUT2D eigenvalue weighted by atomic mass is 16.6. The number of nitrogens with zero attached hydrogens (tertiary/aromatic N) is 3. The second kappa shape index (κ2) is 13.5. The molecule has 0 bridgehead atoms. The predicted molar refractivity (Wildman–Crippen MR) is 115 cm³/mol. The Morgan fingerprint density at radius 3 is 1.77 bits per heavy atom. The van der Waals surface area contributed by atoms with Crippen LogP contribution in [0.5, 0.6) is 11.5 Å². The Labute approximate surface area is 177 Å². The highest BCUT2D eigenvalue weighted by Gasteiger charge is 2.18. The van der Waals surface area contributed by atoms with Gasteiger partial charge in [0.1, 0.15) is 0 Å². The molecule has 0 aromatic heterocycles. The lowest BCUT2D eigenvalue weighted by Gasteiger charge is -2.08. The molecule has 160 valence electrons. The van der Waals surface area contributed by atoms with Crippen LogP contribution in [0.3, 0.4) is 0 Å². The van der Waals surface area contributed by atoms with Crippen LogP contribution in [0.2, 0.25) is 0 Å². The fraction of sp³-hybridized carbons (Fsp3) is 0.364. The molecule has 0 radical (unpaired) electrons. The second-order valence-corrected chi connectivity index (χ2v) is 5.87. The average Bonchev–Trinajstić information content (AvgIpc) is 2.74. The van der Waals surface area contributed by atoms with Crippen LogP contribution in [-0.2, 0) is 12.8 Å². The Morgan fingerprint density at radius 1 is 0.933 bits per heavy atom. The number of hydrogen-bond acceptors (Lipinski definition) is 6. The molecule has 3 N–H and O–H groups in total. The number of nitro groups is 1. The smallest absolute Gasteiger partial charge is 0.311 e. The summed E-state index contributed by atoms with van der Waals surface area (Å²) in [5.74, 6) is 1.01. The minimum atomic E-state index is -0.498. The van der Waals surface area contributed by atoms with Crippen LogP contribution in [0.25, 0.3) is 0 Å². The Kier molecular flexibility index (Phi) is 11.9. The van der Waals surface area contributed by atoms with E-state index in [1.807, 2.05) is 39.0 Å². The van der Waals surface area contributed by atoms with Gasteiger partial charge in [-0.05, 0) is 25.0 Å². The molecular weight excluding hydrogens is 384 g/mol. The Balaban J connectivity index is 0.000000522. The van der Waals surface area contributed by atoms with E-state index in [9.17, 15) is 10.1 Å². The zero-order chi connectivity index (χ0) is 23.3. The number of quaternary nitrogens is 1. The van der Waals surface area contributed by atoms with Crippen LogP contribution in [0.4, 0.5) is 11.4 Å². The molecule has 2 rings (SSSR count). The average molecular weight is 413 g/mol. The lowest BCUT2D eigenvalue weighted by molar-refractivity contribution is -0.385. The molecule has 8 heteroatoms. The van der Waals surface area contributed by atoms with E-state index in [0.29, 0.717) is 12.0 Å². The summed E-state index contributed by atoms with van der Waals surface area (Å²) in [5, 5.41) is 27.8. The van der Waals surface area contributed by atoms with Gasteiger partial charge >= 0.3 is 5.69 Å². The molecule has 0 saturated heterocycles. The maximum absolute atomic E-state index is 10.7. The second-order valence-electron chi connectivity index (χ2n) is 5.87. The summed E-state index contributed by atoms with van der Waals surface area (Å²) >= 11 is 0. The van der Waals surface area contributed by atoms with Crippen molar-refractivity contribution in [2.24, 2.45) is 0 Å². The fourth-order valence-corrected chi connectivity index (χ4v) is 2.75. The minimum Gasteiger partial charge on any atom is -0.491 e. The Bertz CT molecular complexity index is 944. The van der Waals surface area contributed by atoms with Crippen LogP contribution in [-0.4, -0.2) is 19.1 Å². The van der Waals surface area contributed by atoms with Crippen molar-refractivity contribution in [2.45, 2.75) is 40.5 Å². The van der Waals surface area contributed by atoms with E-state index in [-0.39, 0.29) is 17.9 Å². The van der Waals surface area contributed by atoms with Crippen molar-refractivity contribution in [3.63, 3.8) is 0 Å². The van der Waals surface area contributed by atoms with E-state index in [1.54, 1.807) is 20.1 Å². The van der Waals surface area contributed by atoms with Gasteiger partial charge in [0, 0.05) is 23.3 Å². The molecule has 2 aromatic carbocycles. The molecule has 0 unspecified atom stereocenters. The summed E-state index contributed by atoms with van der Waals surface area (Å²) in [5.41, 5.74) is 8.05. The molecule has 0 aliphatic carbocycles. The van der Waals surface area contributed by atoms with Gasteiger partial charge in [0.05, 0.1) is 44.1 Å². The molecule has 0 heterocycles. The molecule has 8 nitrogen and oxygen atoms in total. The van der Waals surface area contributed by atoms with Crippen LogP contribution >= 0.6 is 0 Å². The van der Waals surface area contributed by atoms with Gasteiger partial charge in [0.2, 0.25) is 0 Å². The number of ether oxygens (including phenoxy) is 2. The Morgan fingerprint density at radius 2 is 1.37 bits per heavy atom. The van der Waals surface area contributed by atoms with Crippen molar-refractivity contribution in [3.8, 4) is 23.6 Å². The first-order valence-electron chi connectivity index (χ1n) is 9.35. The summed E-state index contributed by atoms with van der Waals surface area (Å²) in [4.78, 5) is 10.2. The molecule has 30 heavy (non-hydrogen) atoms. The summed E-state index contributed by atoms with van der Waals surface area (Å²) < 4.78 is 10.2. The Hall–Kier alpha value is -3.62. The first-order chi connectivity index (χ1) is 14.3. The van der Waals surface area contributed by atoms with Crippen LogP contribution in [0, 0.1) is 46.6 Å².